The first kappa shape index (κ1) is 14.0. The van der Waals surface area contributed by atoms with Crippen molar-refractivity contribution < 1.29 is 4.74 Å². The molecule has 0 atom stereocenters. The van der Waals surface area contributed by atoms with E-state index >= 15 is 0 Å². The standard InChI is InChI=1S/C15H25NO/c1-4-15(2,3)13-16-11-8-12-17-14-9-6-5-7-10-14/h5-7,9-10,16H,4,8,11-13H2,1-3H3. The molecule has 2 heteroatoms. The minimum Gasteiger partial charge on any atom is -0.494 e. The molecule has 1 aromatic rings. The first-order chi connectivity index (χ1) is 8.14. The predicted octanol–water partition coefficient (Wildman–Crippen LogP) is 3.48. The Balaban J connectivity index is 2.02. The van der Waals surface area contributed by atoms with Crippen LogP contribution in [0.25, 0.3) is 0 Å². The van der Waals surface area contributed by atoms with E-state index in [9.17, 15) is 0 Å². The second kappa shape index (κ2) is 7.33. The third-order valence-electron chi connectivity index (χ3n) is 3.07. The molecule has 1 rings (SSSR count). The molecule has 0 aromatic heterocycles. The van der Waals surface area contributed by atoms with Crippen molar-refractivity contribution in [1.29, 1.82) is 0 Å². The van der Waals surface area contributed by atoms with Crippen molar-refractivity contribution in [2.75, 3.05) is 19.7 Å². The fraction of sp³-hybridized carbons (Fsp3) is 0.600. The number of para-hydroxylation sites is 1. The molecule has 0 aliphatic heterocycles. The van der Waals surface area contributed by atoms with Gasteiger partial charge in [0.05, 0.1) is 6.61 Å². The summed E-state index contributed by atoms with van der Waals surface area (Å²) in [5, 5.41) is 3.48. The van der Waals surface area contributed by atoms with Crippen LogP contribution in [-0.4, -0.2) is 19.7 Å². The summed E-state index contributed by atoms with van der Waals surface area (Å²) in [5.41, 5.74) is 0.403. The van der Waals surface area contributed by atoms with E-state index in [1.807, 2.05) is 30.3 Å². The molecule has 0 radical (unpaired) electrons. The Labute approximate surface area is 105 Å². The maximum absolute atomic E-state index is 5.62. The molecule has 0 aliphatic rings. The summed E-state index contributed by atoms with van der Waals surface area (Å²) >= 11 is 0. The van der Waals surface area contributed by atoms with Gasteiger partial charge in [-0.25, -0.2) is 0 Å². The van der Waals surface area contributed by atoms with Crippen LogP contribution in [-0.2, 0) is 0 Å². The molecule has 17 heavy (non-hydrogen) atoms. The largest absolute Gasteiger partial charge is 0.494 e. The third-order valence-corrected chi connectivity index (χ3v) is 3.07. The van der Waals surface area contributed by atoms with Gasteiger partial charge in [0.2, 0.25) is 0 Å². The van der Waals surface area contributed by atoms with E-state index in [1.54, 1.807) is 0 Å². The highest BCUT2D eigenvalue weighted by Gasteiger charge is 2.13. The van der Waals surface area contributed by atoms with E-state index in [0.29, 0.717) is 5.41 Å². The topological polar surface area (TPSA) is 21.3 Å². The second-order valence-corrected chi connectivity index (χ2v) is 5.21. The number of rotatable bonds is 8. The fourth-order valence-corrected chi connectivity index (χ4v) is 1.46. The molecule has 0 spiro atoms. The van der Waals surface area contributed by atoms with E-state index in [1.165, 1.54) is 6.42 Å². The van der Waals surface area contributed by atoms with Crippen LogP contribution in [0.1, 0.15) is 33.6 Å². The fourth-order valence-electron chi connectivity index (χ4n) is 1.46. The SMILES string of the molecule is CCC(C)(C)CNCCCOc1ccccc1. The van der Waals surface area contributed by atoms with Gasteiger partial charge < -0.3 is 10.1 Å². The zero-order chi connectivity index (χ0) is 12.6. The molecule has 0 aliphatic carbocycles. The molecule has 1 aromatic carbocycles. The van der Waals surface area contributed by atoms with E-state index in [4.69, 9.17) is 4.74 Å². The molecule has 1 N–H and O–H groups in total. The lowest BCUT2D eigenvalue weighted by molar-refractivity contribution is 0.292. The molecule has 0 bridgehead atoms. The van der Waals surface area contributed by atoms with Crippen molar-refractivity contribution >= 4 is 0 Å². The summed E-state index contributed by atoms with van der Waals surface area (Å²) in [6.45, 7) is 9.70. The highest BCUT2D eigenvalue weighted by Crippen LogP contribution is 2.17. The Morgan fingerprint density at radius 3 is 2.53 bits per heavy atom. The van der Waals surface area contributed by atoms with Crippen LogP contribution in [0.3, 0.4) is 0 Å². The molecule has 0 saturated carbocycles. The first-order valence-electron chi connectivity index (χ1n) is 6.52. The van der Waals surface area contributed by atoms with Gasteiger partial charge in [0, 0.05) is 6.54 Å². The monoisotopic (exact) mass is 235 g/mol. The highest BCUT2D eigenvalue weighted by atomic mass is 16.5. The van der Waals surface area contributed by atoms with Crippen LogP contribution < -0.4 is 10.1 Å². The van der Waals surface area contributed by atoms with Gasteiger partial charge in [-0.1, -0.05) is 39.0 Å². The number of ether oxygens (including phenoxy) is 1. The Bertz CT molecular complexity index is 295. The summed E-state index contributed by atoms with van der Waals surface area (Å²) in [6, 6.07) is 9.98. The minimum atomic E-state index is 0.403. The maximum Gasteiger partial charge on any atom is 0.119 e. The zero-order valence-electron chi connectivity index (χ0n) is 11.3. The van der Waals surface area contributed by atoms with Crippen molar-refractivity contribution in [3.8, 4) is 5.75 Å². The van der Waals surface area contributed by atoms with Gasteiger partial charge in [-0.3, -0.25) is 0 Å². The minimum absolute atomic E-state index is 0.403. The van der Waals surface area contributed by atoms with Gasteiger partial charge in [-0.15, -0.1) is 0 Å². The van der Waals surface area contributed by atoms with Crippen LogP contribution in [0.5, 0.6) is 5.75 Å². The first-order valence-corrected chi connectivity index (χ1v) is 6.52. The lowest BCUT2D eigenvalue weighted by Crippen LogP contribution is -2.30. The number of hydrogen-bond donors (Lipinski definition) is 1. The van der Waals surface area contributed by atoms with E-state index in [2.05, 4.69) is 26.1 Å². The number of benzene rings is 1. The van der Waals surface area contributed by atoms with Crippen LogP contribution in [0, 0.1) is 5.41 Å². The molecule has 0 fully saturated rings. The van der Waals surface area contributed by atoms with Crippen molar-refractivity contribution in [3.63, 3.8) is 0 Å². The van der Waals surface area contributed by atoms with Gasteiger partial charge in [-0.2, -0.15) is 0 Å². The summed E-state index contributed by atoms with van der Waals surface area (Å²) in [7, 11) is 0. The second-order valence-electron chi connectivity index (χ2n) is 5.21. The van der Waals surface area contributed by atoms with Gasteiger partial charge >= 0.3 is 0 Å². The highest BCUT2D eigenvalue weighted by molar-refractivity contribution is 5.20. The molecule has 0 heterocycles. The van der Waals surface area contributed by atoms with Crippen LogP contribution in [0.4, 0.5) is 0 Å². The van der Waals surface area contributed by atoms with E-state index in [-0.39, 0.29) is 0 Å². The Morgan fingerprint density at radius 1 is 1.18 bits per heavy atom. The van der Waals surface area contributed by atoms with Crippen LogP contribution >= 0.6 is 0 Å². The number of nitrogens with one attached hydrogen (secondary N) is 1. The summed E-state index contributed by atoms with van der Waals surface area (Å²) in [4.78, 5) is 0. The van der Waals surface area contributed by atoms with Crippen molar-refractivity contribution in [1.82, 2.24) is 5.32 Å². The van der Waals surface area contributed by atoms with E-state index in [0.717, 1.165) is 31.9 Å². The van der Waals surface area contributed by atoms with Gasteiger partial charge in [0.1, 0.15) is 5.75 Å². The summed E-state index contributed by atoms with van der Waals surface area (Å²) < 4.78 is 5.62. The Kier molecular flexibility index (Phi) is 6.06. The van der Waals surface area contributed by atoms with Crippen molar-refractivity contribution in [3.05, 3.63) is 30.3 Å². The van der Waals surface area contributed by atoms with Crippen molar-refractivity contribution in [2.24, 2.45) is 5.41 Å². The normalized spacial score (nSPS) is 11.5. The quantitative estimate of drug-likeness (QED) is 0.696. The van der Waals surface area contributed by atoms with Crippen LogP contribution in [0.15, 0.2) is 30.3 Å². The predicted molar refractivity (Wildman–Crippen MR) is 73.5 cm³/mol. The lowest BCUT2D eigenvalue weighted by Gasteiger charge is -2.22. The molecule has 0 saturated heterocycles. The molecule has 0 amide bonds. The molecule has 96 valence electrons. The third kappa shape index (κ3) is 6.32. The van der Waals surface area contributed by atoms with Crippen molar-refractivity contribution in [2.45, 2.75) is 33.6 Å². The molecule has 2 nitrogen and oxygen atoms in total. The lowest BCUT2D eigenvalue weighted by atomic mass is 9.90. The summed E-state index contributed by atoms with van der Waals surface area (Å²) in [5.74, 6) is 0.960. The molecule has 0 unspecified atom stereocenters. The summed E-state index contributed by atoms with van der Waals surface area (Å²) in [6.07, 6.45) is 2.26. The van der Waals surface area contributed by atoms with Gasteiger partial charge in [0.15, 0.2) is 0 Å². The number of hydrogen-bond acceptors (Lipinski definition) is 2. The average Bonchev–Trinajstić information content (AvgIpc) is 2.35. The van der Waals surface area contributed by atoms with Crippen LogP contribution in [0.2, 0.25) is 0 Å². The molecular weight excluding hydrogens is 210 g/mol. The smallest absolute Gasteiger partial charge is 0.119 e. The zero-order valence-corrected chi connectivity index (χ0v) is 11.3. The average molecular weight is 235 g/mol. The van der Waals surface area contributed by atoms with Gasteiger partial charge in [-0.05, 0) is 36.9 Å². The Hall–Kier alpha value is -1.02. The van der Waals surface area contributed by atoms with Gasteiger partial charge in [0.25, 0.3) is 0 Å². The molecular formula is C15H25NO. The van der Waals surface area contributed by atoms with E-state index < -0.39 is 0 Å². The Morgan fingerprint density at radius 2 is 1.88 bits per heavy atom. The maximum atomic E-state index is 5.62.